The van der Waals surface area contributed by atoms with Crippen LogP contribution in [0.4, 0.5) is 0 Å². The Morgan fingerprint density at radius 2 is 2.20 bits per heavy atom. The molecule has 0 unspecified atom stereocenters. The van der Waals surface area contributed by atoms with Crippen molar-refractivity contribution in [2.45, 2.75) is 13.3 Å². The third-order valence-electron chi connectivity index (χ3n) is 1.67. The van der Waals surface area contributed by atoms with Gasteiger partial charge < -0.3 is 10.5 Å². The highest BCUT2D eigenvalue weighted by Gasteiger charge is 1.97. The number of primary amides is 1. The molecule has 0 heterocycles. The lowest BCUT2D eigenvalue weighted by molar-refractivity contribution is -0.117. The first-order valence-electron chi connectivity index (χ1n) is 4.73. The minimum Gasteiger partial charge on any atom is -0.493 e. The van der Waals surface area contributed by atoms with Crippen LogP contribution < -0.4 is 10.5 Å². The third kappa shape index (κ3) is 3.74. The predicted molar refractivity (Wildman–Crippen MR) is 58.3 cm³/mol. The molecule has 2 N–H and O–H groups in total. The van der Waals surface area contributed by atoms with Crippen molar-refractivity contribution < 1.29 is 9.53 Å². The minimum atomic E-state index is -0.420. The number of nitrogens with two attached hydrogens (primary N) is 1. The SMILES string of the molecule is CCOc1ccccc1C#CCC(N)=O. The molecule has 0 aromatic heterocycles. The fraction of sp³-hybridized carbons (Fsp3) is 0.250. The van der Waals surface area contributed by atoms with E-state index in [-0.39, 0.29) is 6.42 Å². The van der Waals surface area contributed by atoms with Crippen molar-refractivity contribution >= 4 is 5.91 Å². The van der Waals surface area contributed by atoms with E-state index in [1.54, 1.807) is 0 Å². The number of hydrogen-bond donors (Lipinski definition) is 1. The van der Waals surface area contributed by atoms with E-state index in [1.807, 2.05) is 31.2 Å². The van der Waals surface area contributed by atoms with Crippen LogP contribution in [-0.2, 0) is 4.79 Å². The Labute approximate surface area is 89.2 Å². The summed E-state index contributed by atoms with van der Waals surface area (Å²) in [5.41, 5.74) is 5.76. The number of rotatable bonds is 3. The Bertz CT molecular complexity index is 402. The first-order valence-corrected chi connectivity index (χ1v) is 4.73. The summed E-state index contributed by atoms with van der Waals surface area (Å²) in [5.74, 6) is 5.86. The van der Waals surface area contributed by atoms with Crippen LogP contribution in [0.15, 0.2) is 24.3 Å². The lowest BCUT2D eigenvalue weighted by atomic mass is 10.2. The molecule has 78 valence electrons. The molecule has 1 rings (SSSR count). The van der Waals surface area contributed by atoms with Gasteiger partial charge in [-0.25, -0.2) is 0 Å². The molecule has 0 saturated heterocycles. The third-order valence-corrected chi connectivity index (χ3v) is 1.67. The zero-order chi connectivity index (χ0) is 11.1. The molecule has 1 aromatic carbocycles. The molecule has 0 aliphatic carbocycles. The smallest absolute Gasteiger partial charge is 0.229 e. The molecule has 1 amide bonds. The standard InChI is InChI=1S/C12H13NO2/c1-2-15-11-8-4-3-6-10(11)7-5-9-12(13)14/h3-4,6,8H,2,9H2,1H3,(H2,13,14). The lowest BCUT2D eigenvalue weighted by Gasteiger charge is -2.04. The second-order valence-electron chi connectivity index (χ2n) is 2.87. The average Bonchev–Trinajstić information content (AvgIpc) is 2.20. The monoisotopic (exact) mass is 203 g/mol. The van der Waals surface area contributed by atoms with Gasteiger partial charge in [0.05, 0.1) is 18.6 Å². The van der Waals surface area contributed by atoms with Crippen molar-refractivity contribution in [2.75, 3.05) is 6.61 Å². The van der Waals surface area contributed by atoms with E-state index >= 15 is 0 Å². The van der Waals surface area contributed by atoms with Gasteiger partial charge in [0.2, 0.25) is 5.91 Å². The maximum Gasteiger partial charge on any atom is 0.229 e. The topological polar surface area (TPSA) is 52.3 Å². The minimum absolute atomic E-state index is 0.0699. The van der Waals surface area contributed by atoms with Crippen molar-refractivity contribution in [3.05, 3.63) is 29.8 Å². The van der Waals surface area contributed by atoms with Gasteiger partial charge in [-0.1, -0.05) is 24.0 Å². The fourth-order valence-electron chi connectivity index (χ4n) is 1.08. The maximum absolute atomic E-state index is 10.5. The Morgan fingerprint density at radius 3 is 2.87 bits per heavy atom. The number of carbonyl (C=O) groups excluding carboxylic acids is 1. The van der Waals surface area contributed by atoms with Gasteiger partial charge in [-0.05, 0) is 19.1 Å². The number of carbonyl (C=O) groups is 1. The molecule has 0 fully saturated rings. The molecule has 0 atom stereocenters. The molecule has 0 aliphatic heterocycles. The van der Waals surface area contributed by atoms with E-state index in [4.69, 9.17) is 10.5 Å². The van der Waals surface area contributed by atoms with E-state index in [0.717, 1.165) is 11.3 Å². The maximum atomic E-state index is 10.5. The highest BCUT2D eigenvalue weighted by Crippen LogP contribution is 2.16. The number of para-hydroxylation sites is 1. The van der Waals surface area contributed by atoms with Gasteiger partial charge in [0.25, 0.3) is 0 Å². The van der Waals surface area contributed by atoms with Crippen LogP contribution in [0.1, 0.15) is 18.9 Å². The van der Waals surface area contributed by atoms with Gasteiger partial charge in [-0.15, -0.1) is 0 Å². The second-order valence-corrected chi connectivity index (χ2v) is 2.87. The summed E-state index contributed by atoms with van der Waals surface area (Å²) in [6.45, 7) is 2.50. The van der Waals surface area contributed by atoms with Crippen molar-refractivity contribution in [3.63, 3.8) is 0 Å². The van der Waals surface area contributed by atoms with Gasteiger partial charge in [0.15, 0.2) is 0 Å². The van der Waals surface area contributed by atoms with Gasteiger partial charge >= 0.3 is 0 Å². The molecule has 0 bridgehead atoms. The number of amides is 1. The molecule has 0 radical (unpaired) electrons. The molecule has 3 nitrogen and oxygen atoms in total. The van der Waals surface area contributed by atoms with E-state index in [2.05, 4.69) is 11.8 Å². The second kappa shape index (κ2) is 5.71. The van der Waals surface area contributed by atoms with Crippen LogP contribution >= 0.6 is 0 Å². The van der Waals surface area contributed by atoms with Crippen molar-refractivity contribution in [1.82, 2.24) is 0 Å². The molecule has 0 aliphatic rings. The highest BCUT2D eigenvalue weighted by atomic mass is 16.5. The van der Waals surface area contributed by atoms with Gasteiger partial charge in [-0.3, -0.25) is 4.79 Å². The zero-order valence-electron chi connectivity index (χ0n) is 8.62. The lowest BCUT2D eigenvalue weighted by Crippen LogP contribution is -2.08. The van der Waals surface area contributed by atoms with Crippen molar-refractivity contribution in [3.8, 4) is 17.6 Å². The molecule has 1 aromatic rings. The number of ether oxygens (including phenoxy) is 1. The summed E-state index contributed by atoms with van der Waals surface area (Å²) in [7, 11) is 0. The quantitative estimate of drug-likeness (QED) is 0.753. The van der Waals surface area contributed by atoms with E-state index in [0.29, 0.717) is 6.61 Å². The number of benzene rings is 1. The van der Waals surface area contributed by atoms with Crippen LogP contribution in [-0.4, -0.2) is 12.5 Å². The number of hydrogen-bond acceptors (Lipinski definition) is 2. The highest BCUT2D eigenvalue weighted by molar-refractivity contribution is 5.76. The first-order chi connectivity index (χ1) is 7.24. The van der Waals surface area contributed by atoms with Crippen LogP contribution in [0.5, 0.6) is 5.75 Å². The van der Waals surface area contributed by atoms with E-state index < -0.39 is 5.91 Å². The van der Waals surface area contributed by atoms with Crippen molar-refractivity contribution in [2.24, 2.45) is 5.73 Å². The summed E-state index contributed by atoms with van der Waals surface area (Å²) in [4.78, 5) is 10.5. The molecule has 0 saturated carbocycles. The Kier molecular flexibility index (Phi) is 4.24. The molecule has 15 heavy (non-hydrogen) atoms. The van der Waals surface area contributed by atoms with Crippen LogP contribution in [0.3, 0.4) is 0 Å². The van der Waals surface area contributed by atoms with Crippen molar-refractivity contribution in [1.29, 1.82) is 0 Å². The predicted octanol–water partition coefficient (Wildman–Crippen LogP) is 1.31. The van der Waals surface area contributed by atoms with E-state index in [9.17, 15) is 4.79 Å². The average molecular weight is 203 g/mol. The van der Waals surface area contributed by atoms with Crippen LogP contribution in [0.2, 0.25) is 0 Å². The van der Waals surface area contributed by atoms with Gasteiger partial charge in [0, 0.05) is 0 Å². The molecular weight excluding hydrogens is 190 g/mol. The molecular formula is C12H13NO2. The van der Waals surface area contributed by atoms with Crippen LogP contribution in [0.25, 0.3) is 0 Å². The molecule has 0 spiro atoms. The summed E-state index contributed by atoms with van der Waals surface area (Å²) in [5, 5.41) is 0. The Morgan fingerprint density at radius 1 is 1.47 bits per heavy atom. The fourth-order valence-corrected chi connectivity index (χ4v) is 1.08. The van der Waals surface area contributed by atoms with E-state index in [1.165, 1.54) is 0 Å². The van der Waals surface area contributed by atoms with Gasteiger partial charge in [-0.2, -0.15) is 0 Å². The summed E-state index contributed by atoms with van der Waals surface area (Å²) < 4.78 is 5.38. The Balaban J connectivity index is 2.81. The molecule has 3 heteroatoms. The summed E-state index contributed by atoms with van der Waals surface area (Å²) in [6, 6.07) is 7.44. The Hall–Kier alpha value is -1.95. The summed E-state index contributed by atoms with van der Waals surface area (Å²) >= 11 is 0. The normalized spacial score (nSPS) is 8.87. The largest absolute Gasteiger partial charge is 0.493 e. The van der Waals surface area contributed by atoms with Crippen LogP contribution in [0, 0.1) is 11.8 Å². The first kappa shape index (κ1) is 11.1. The van der Waals surface area contributed by atoms with Gasteiger partial charge in [0.1, 0.15) is 5.75 Å². The zero-order valence-corrected chi connectivity index (χ0v) is 8.62. The summed E-state index contributed by atoms with van der Waals surface area (Å²) in [6.07, 6.45) is 0.0699.